The minimum Gasteiger partial charge on any atom is -0.507 e. The van der Waals surface area contributed by atoms with Crippen molar-refractivity contribution < 1.29 is 19.4 Å². The molecule has 48 heavy (non-hydrogen) atoms. The Morgan fingerprint density at radius 1 is 0.708 bits per heavy atom. The lowest BCUT2D eigenvalue weighted by Crippen LogP contribution is -2.15. The highest BCUT2D eigenvalue weighted by atomic mass is 32.2. The van der Waals surface area contributed by atoms with Crippen LogP contribution in [-0.4, -0.2) is 16.3 Å². The Morgan fingerprint density at radius 2 is 1.31 bits per heavy atom. The molecule has 7 rings (SSSR count). The summed E-state index contributed by atoms with van der Waals surface area (Å²) in [6.07, 6.45) is 9.89. The van der Waals surface area contributed by atoms with Crippen molar-refractivity contribution in [3.8, 4) is 22.6 Å². The number of thioether (sulfide) groups is 2. The number of aryl methyl sites for hydroxylation is 3. The normalized spacial score (nSPS) is 16.9. The summed E-state index contributed by atoms with van der Waals surface area (Å²) in [6.45, 7) is 8.36. The van der Waals surface area contributed by atoms with Crippen LogP contribution in [0.3, 0.4) is 0 Å². The minimum atomic E-state index is -0.0155. The van der Waals surface area contributed by atoms with Crippen molar-refractivity contribution in [1.29, 1.82) is 0 Å². The summed E-state index contributed by atoms with van der Waals surface area (Å²) in [5.74, 6) is 3.83. The number of aromatic hydroxyl groups is 2. The van der Waals surface area contributed by atoms with Gasteiger partial charge >= 0.3 is 0 Å². The molecule has 244 valence electrons. The number of ether oxygens (including phenoxy) is 1. The van der Waals surface area contributed by atoms with Crippen molar-refractivity contribution in [1.82, 2.24) is 0 Å². The Kier molecular flexibility index (Phi) is 9.21. The molecule has 5 aromatic rings. The zero-order chi connectivity index (χ0) is 33.4. The topological polar surface area (TPSA) is 62.8 Å². The van der Waals surface area contributed by atoms with E-state index in [2.05, 4.69) is 101 Å². The van der Waals surface area contributed by atoms with Crippen LogP contribution in [-0.2, 0) is 22.7 Å². The molecular formula is C42H40O4S2. The SMILES string of the molecule is CCC1=C(c2cc(C)cc(CSc3ccccc3SCc3cc(C)cc(-c4c(CC)oc5ccccc45)c3O)c2O)C2C=CC=CC2O1. The van der Waals surface area contributed by atoms with Crippen molar-refractivity contribution in [2.45, 2.75) is 67.9 Å². The summed E-state index contributed by atoms with van der Waals surface area (Å²) >= 11 is 3.44. The maximum absolute atomic E-state index is 11.7. The Balaban J connectivity index is 1.14. The highest BCUT2D eigenvalue weighted by Gasteiger charge is 2.36. The number of phenols is 2. The van der Waals surface area contributed by atoms with Crippen molar-refractivity contribution in [3.63, 3.8) is 0 Å². The van der Waals surface area contributed by atoms with Gasteiger partial charge in [-0.2, -0.15) is 0 Å². The molecular weight excluding hydrogens is 633 g/mol. The van der Waals surface area contributed by atoms with Gasteiger partial charge in [0.15, 0.2) is 0 Å². The molecule has 0 saturated heterocycles. The van der Waals surface area contributed by atoms with Gasteiger partial charge in [-0.25, -0.2) is 0 Å². The molecule has 6 heteroatoms. The van der Waals surface area contributed by atoms with E-state index in [9.17, 15) is 10.2 Å². The van der Waals surface area contributed by atoms with Crippen molar-refractivity contribution in [2.75, 3.05) is 0 Å². The van der Waals surface area contributed by atoms with E-state index in [0.717, 1.165) is 89.6 Å². The van der Waals surface area contributed by atoms with Crippen molar-refractivity contribution >= 4 is 40.1 Å². The zero-order valence-electron chi connectivity index (χ0n) is 27.7. The van der Waals surface area contributed by atoms with Gasteiger partial charge in [-0.3, -0.25) is 0 Å². The third-order valence-corrected chi connectivity index (χ3v) is 11.5. The van der Waals surface area contributed by atoms with Gasteiger partial charge in [0.25, 0.3) is 0 Å². The fraction of sp³-hybridized carbons (Fsp3) is 0.238. The molecule has 2 heterocycles. The standard InChI is InChI=1S/C42H40O4S2/c1-5-33-39(29-13-7-9-15-35(29)45-33)31-21-25(3)19-27(41(31)43)23-47-37-17-11-12-18-38(37)48-24-28-20-26(4)22-32(42(28)44)40-30-14-8-10-16-36(30)46-34(40)6-2/h7-22,29,35,43-44H,5-6,23-24H2,1-4H3. The summed E-state index contributed by atoms with van der Waals surface area (Å²) in [5.41, 5.74) is 8.63. The summed E-state index contributed by atoms with van der Waals surface area (Å²) in [7, 11) is 0. The zero-order valence-corrected chi connectivity index (χ0v) is 29.4. The summed E-state index contributed by atoms with van der Waals surface area (Å²) in [4.78, 5) is 2.28. The average molecular weight is 673 g/mol. The molecule has 0 spiro atoms. The van der Waals surface area contributed by atoms with Crippen LogP contribution < -0.4 is 0 Å². The van der Waals surface area contributed by atoms with Gasteiger partial charge in [-0.05, 0) is 61.4 Å². The lowest BCUT2D eigenvalue weighted by atomic mass is 9.85. The number of hydrogen-bond acceptors (Lipinski definition) is 6. The van der Waals surface area contributed by atoms with Crippen molar-refractivity contribution in [2.24, 2.45) is 5.92 Å². The van der Waals surface area contributed by atoms with E-state index in [-0.39, 0.29) is 12.0 Å². The van der Waals surface area contributed by atoms with E-state index < -0.39 is 0 Å². The van der Waals surface area contributed by atoms with Gasteiger partial charge in [0, 0.05) is 78.8 Å². The first kappa shape index (κ1) is 32.3. The Hall–Kier alpha value is -4.26. The third kappa shape index (κ3) is 6.08. The van der Waals surface area contributed by atoms with E-state index in [4.69, 9.17) is 9.15 Å². The predicted molar refractivity (Wildman–Crippen MR) is 200 cm³/mol. The van der Waals surface area contributed by atoms with Crippen LogP contribution in [0.2, 0.25) is 0 Å². The molecule has 0 amide bonds. The van der Waals surface area contributed by atoms with Crippen LogP contribution in [0.25, 0.3) is 27.7 Å². The molecule has 1 aromatic heterocycles. The second kappa shape index (κ2) is 13.7. The predicted octanol–water partition coefficient (Wildman–Crippen LogP) is 11.5. The highest BCUT2D eigenvalue weighted by Crippen LogP contribution is 2.47. The van der Waals surface area contributed by atoms with Crippen LogP contribution in [0.1, 0.15) is 53.8 Å². The fourth-order valence-corrected chi connectivity index (χ4v) is 9.13. The van der Waals surface area contributed by atoms with Crippen LogP contribution in [0, 0.1) is 19.8 Å². The maximum atomic E-state index is 11.7. The molecule has 2 atom stereocenters. The van der Waals surface area contributed by atoms with Gasteiger partial charge in [-0.15, -0.1) is 23.5 Å². The number of benzene rings is 4. The smallest absolute Gasteiger partial charge is 0.134 e. The van der Waals surface area contributed by atoms with Gasteiger partial charge in [0.2, 0.25) is 0 Å². The van der Waals surface area contributed by atoms with Gasteiger partial charge in [0.05, 0.1) is 0 Å². The lowest BCUT2D eigenvalue weighted by Gasteiger charge is -2.19. The molecule has 2 aliphatic rings. The molecule has 1 aliphatic heterocycles. The van der Waals surface area contributed by atoms with Crippen LogP contribution in [0.4, 0.5) is 0 Å². The molecule has 4 aromatic carbocycles. The Labute approximate surface area is 291 Å². The second-order valence-electron chi connectivity index (χ2n) is 12.5. The number of phenolic OH excluding ortho intramolecular Hbond substituents is 2. The molecule has 0 fully saturated rings. The molecule has 0 radical (unpaired) electrons. The average Bonchev–Trinajstić information content (AvgIpc) is 3.67. The Morgan fingerprint density at radius 3 is 1.98 bits per heavy atom. The van der Waals surface area contributed by atoms with Crippen molar-refractivity contribution in [3.05, 3.63) is 136 Å². The summed E-state index contributed by atoms with van der Waals surface area (Å²) < 4.78 is 12.5. The summed E-state index contributed by atoms with van der Waals surface area (Å²) in [6, 6.07) is 24.8. The molecule has 1 aliphatic carbocycles. The molecule has 2 unspecified atom stereocenters. The first-order valence-corrected chi connectivity index (χ1v) is 18.6. The Bertz CT molecular complexity index is 2100. The monoisotopic (exact) mass is 672 g/mol. The quantitative estimate of drug-likeness (QED) is 0.144. The number of fused-ring (bicyclic) bond motifs is 2. The van der Waals surface area contributed by atoms with Crippen LogP contribution in [0.15, 0.2) is 117 Å². The number of rotatable bonds is 10. The van der Waals surface area contributed by atoms with E-state index in [1.54, 1.807) is 23.5 Å². The van der Waals surface area contributed by atoms with Crippen LogP contribution >= 0.6 is 23.5 Å². The first-order chi connectivity index (χ1) is 23.4. The fourth-order valence-electron chi connectivity index (χ4n) is 6.94. The largest absolute Gasteiger partial charge is 0.507 e. The first-order valence-electron chi connectivity index (χ1n) is 16.6. The van der Waals surface area contributed by atoms with E-state index in [1.165, 1.54) is 0 Å². The highest BCUT2D eigenvalue weighted by molar-refractivity contribution is 8.01. The summed E-state index contributed by atoms with van der Waals surface area (Å²) in [5, 5.41) is 24.3. The van der Waals surface area contributed by atoms with E-state index in [1.807, 2.05) is 24.3 Å². The van der Waals surface area contributed by atoms with Crippen LogP contribution in [0.5, 0.6) is 11.5 Å². The van der Waals surface area contributed by atoms with Gasteiger partial charge < -0.3 is 19.4 Å². The van der Waals surface area contributed by atoms with Gasteiger partial charge in [0.1, 0.15) is 34.7 Å². The second-order valence-corrected chi connectivity index (χ2v) is 14.5. The van der Waals surface area contributed by atoms with Gasteiger partial charge in [-0.1, -0.05) is 74.5 Å². The molecule has 2 N–H and O–H groups in total. The maximum Gasteiger partial charge on any atom is 0.134 e. The van der Waals surface area contributed by atoms with E-state index in [0.29, 0.717) is 23.0 Å². The molecule has 4 nitrogen and oxygen atoms in total. The third-order valence-electron chi connectivity index (χ3n) is 9.15. The number of furan rings is 1. The number of hydrogen-bond donors (Lipinski definition) is 2. The van der Waals surface area contributed by atoms with E-state index >= 15 is 0 Å². The number of para-hydroxylation sites is 1. The minimum absolute atomic E-state index is 0.0155. The molecule has 0 saturated carbocycles. The number of allylic oxidation sites excluding steroid dienone is 3. The molecule has 0 bridgehead atoms. The lowest BCUT2D eigenvalue weighted by molar-refractivity contribution is 0.159.